The molecule has 1 N–H and O–H groups in total. The van der Waals surface area contributed by atoms with Gasteiger partial charge in [-0.05, 0) is 43.9 Å². The monoisotopic (exact) mass is 420 g/mol. The minimum atomic E-state index is -0.448. The molecule has 1 saturated carbocycles. The maximum absolute atomic E-state index is 13.5. The summed E-state index contributed by atoms with van der Waals surface area (Å²) in [6, 6.07) is 11.4. The maximum atomic E-state index is 13.5. The van der Waals surface area contributed by atoms with Gasteiger partial charge in [0.2, 0.25) is 5.91 Å². The van der Waals surface area contributed by atoms with Gasteiger partial charge >= 0.3 is 0 Å². The number of ether oxygens (including phenoxy) is 1. The molecule has 1 fully saturated rings. The van der Waals surface area contributed by atoms with Crippen molar-refractivity contribution in [2.75, 3.05) is 11.9 Å². The molecule has 31 heavy (non-hydrogen) atoms. The van der Waals surface area contributed by atoms with Gasteiger partial charge in [0.1, 0.15) is 17.5 Å². The van der Waals surface area contributed by atoms with E-state index in [4.69, 9.17) is 4.74 Å². The lowest BCUT2D eigenvalue weighted by Crippen LogP contribution is -2.27. The Morgan fingerprint density at radius 2 is 2.00 bits per heavy atom. The van der Waals surface area contributed by atoms with E-state index in [2.05, 4.69) is 20.3 Å². The van der Waals surface area contributed by atoms with Crippen LogP contribution in [0.4, 0.5) is 10.2 Å². The van der Waals surface area contributed by atoms with Gasteiger partial charge in [0, 0.05) is 5.41 Å². The molecule has 2 heterocycles. The molecule has 0 spiro atoms. The number of hydrogen-bond acceptors (Lipinski definition) is 5. The van der Waals surface area contributed by atoms with Crippen molar-refractivity contribution in [3.63, 3.8) is 0 Å². The first-order valence-corrected chi connectivity index (χ1v) is 10.4. The molecule has 1 aliphatic rings. The molecule has 1 aliphatic carbocycles. The fourth-order valence-corrected chi connectivity index (χ4v) is 3.89. The molecule has 2 aromatic heterocycles. The summed E-state index contributed by atoms with van der Waals surface area (Å²) in [4.78, 5) is 25.7. The number of rotatable bonds is 7. The van der Waals surface area contributed by atoms with Crippen LogP contribution in [0.5, 0.6) is 5.75 Å². The molecule has 4 rings (SSSR count). The molecule has 0 aliphatic heterocycles. The van der Waals surface area contributed by atoms with Crippen molar-refractivity contribution in [1.29, 1.82) is 0 Å². The smallest absolute Gasteiger partial charge is 0.229 e. The summed E-state index contributed by atoms with van der Waals surface area (Å²) < 4.78 is 19.7. The molecular weight excluding hydrogens is 395 g/mol. The van der Waals surface area contributed by atoms with Gasteiger partial charge in [-0.25, -0.2) is 19.3 Å². The lowest BCUT2D eigenvalue weighted by Gasteiger charge is -2.20. The summed E-state index contributed by atoms with van der Waals surface area (Å²) in [5, 5.41) is 2.83. The van der Waals surface area contributed by atoms with E-state index in [0.29, 0.717) is 36.0 Å². The SMILES string of the molecule is CCc1nc(C)ncc1OC[C@@]1(c2ccccc2)C[C@H]1C(=O)Nc1cc(C)c(F)cn1. The Morgan fingerprint density at radius 3 is 2.71 bits per heavy atom. The van der Waals surface area contributed by atoms with Gasteiger partial charge in [0.25, 0.3) is 0 Å². The first kappa shape index (κ1) is 20.9. The molecule has 3 aromatic rings. The Bertz CT molecular complexity index is 1110. The minimum Gasteiger partial charge on any atom is -0.489 e. The highest BCUT2D eigenvalue weighted by molar-refractivity contribution is 5.95. The van der Waals surface area contributed by atoms with Gasteiger partial charge in [-0.15, -0.1) is 0 Å². The first-order chi connectivity index (χ1) is 14.9. The van der Waals surface area contributed by atoms with E-state index in [0.717, 1.165) is 23.9 Å². The number of aryl methyl sites for hydroxylation is 3. The lowest BCUT2D eigenvalue weighted by atomic mass is 9.93. The zero-order chi connectivity index (χ0) is 22.0. The largest absolute Gasteiger partial charge is 0.489 e. The first-order valence-electron chi connectivity index (χ1n) is 10.4. The number of halogens is 1. The van der Waals surface area contributed by atoms with E-state index >= 15 is 0 Å². The Hall–Kier alpha value is -3.35. The summed E-state index contributed by atoms with van der Waals surface area (Å²) in [5.74, 6) is 0.862. The quantitative estimate of drug-likeness (QED) is 0.621. The number of nitrogens with zero attached hydrogens (tertiary/aromatic N) is 3. The number of nitrogens with one attached hydrogen (secondary N) is 1. The third-order valence-electron chi connectivity index (χ3n) is 5.81. The average molecular weight is 420 g/mol. The van der Waals surface area contributed by atoms with Crippen molar-refractivity contribution in [3.05, 3.63) is 77.3 Å². The minimum absolute atomic E-state index is 0.151. The summed E-state index contributed by atoms with van der Waals surface area (Å²) in [6.07, 6.45) is 4.20. The van der Waals surface area contributed by atoms with E-state index in [1.807, 2.05) is 44.2 Å². The van der Waals surface area contributed by atoms with Gasteiger partial charge in [-0.3, -0.25) is 4.79 Å². The van der Waals surface area contributed by atoms with E-state index < -0.39 is 11.2 Å². The number of aromatic nitrogens is 3. The molecule has 6 nitrogen and oxygen atoms in total. The summed E-state index contributed by atoms with van der Waals surface area (Å²) in [7, 11) is 0. The third kappa shape index (κ3) is 4.26. The second kappa shape index (κ2) is 8.41. The molecule has 0 unspecified atom stereocenters. The molecule has 1 aromatic carbocycles. The van der Waals surface area contributed by atoms with Crippen LogP contribution in [0, 0.1) is 25.6 Å². The number of anilines is 1. The number of pyridine rings is 1. The van der Waals surface area contributed by atoms with E-state index in [1.165, 1.54) is 6.07 Å². The van der Waals surface area contributed by atoms with Crippen LogP contribution in [-0.4, -0.2) is 27.5 Å². The Balaban J connectivity index is 1.55. The van der Waals surface area contributed by atoms with Gasteiger partial charge < -0.3 is 10.1 Å². The zero-order valence-electron chi connectivity index (χ0n) is 17.9. The predicted octanol–water partition coefficient (Wildman–Crippen LogP) is 4.17. The van der Waals surface area contributed by atoms with Crippen LogP contribution in [0.15, 0.2) is 48.8 Å². The standard InChI is InChI=1S/C24H25FN4O2/c1-4-20-21(13-26-16(3)28-20)31-14-24(17-8-6-5-7-9-17)11-18(24)23(30)29-22-10-15(2)19(25)12-27-22/h5-10,12-13,18H,4,11,14H2,1-3H3,(H,27,29,30)/t18-,24+/m0/s1. The van der Waals surface area contributed by atoms with Crippen LogP contribution in [0.3, 0.4) is 0 Å². The van der Waals surface area contributed by atoms with Crippen LogP contribution >= 0.6 is 0 Å². The number of carbonyl (C=O) groups excluding carboxylic acids is 1. The molecule has 2 atom stereocenters. The summed E-state index contributed by atoms with van der Waals surface area (Å²) in [6.45, 7) is 5.85. The van der Waals surface area contributed by atoms with Gasteiger partial charge in [-0.1, -0.05) is 37.3 Å². The molecule has 7 heteroatoms. The molecule has 0 bridgehead atoms. The molecular formula is C24H25FN4O2. The highest BCUT2D eigenvalue weighted by atomic mass is 19.1. The second-order valence-corrected chi connectivity index (χ2v) is 7.96. The second-order valence-electron chi connectivity index (χ2n) is 7.96. The van der Waals surface area contributed by atoms with Gasteiger partial charge in [-0.2, -0.15) is 0 Å². The van der Waals surface area contributed by atoms with Crippen LogP contribution in [-0.2, 0) is 16.6 Å². The lowest BCUT2D eigenvalue weighted by molar-refractivity contribution is -0.117. The van der Waals surface area contributed by atoms with Gasteiger partial charge in [0.05, 0.1) is 30.6 Å². The van der Waals surface area contributed by atoms with Crippen molar-refractivity contribution >= 4 is 11.7 Å². The van der Waals surface area contributed by atoms with Crippen LogP contribution in [0.2, 0.25) is 0 Å². The number of carbonyl (C=O) groups is 1. The molecule has 160 valence electrons. The Kier molecular flexibility index (Phi) is 5.67. The Labute approximate surface area is 180 Å². The van der Waals surface area contributed by atoms with Crippen molar-refractivity contribution in [2.45, 2.75) is 39.0 Å². The van der Waals surface area contributed by atoms with Crippen LogP contribution in [0.25, 0.3) is 0 Å². The summed E-state index contributed by atoms with van der Waals surface area (Å²) >= 11 is 0. The number of benzene rings is 1. The fraction of sp³-hybridized carbons (Fsp3) is 0.333. The number of amides is 1. The van der Waals surface area contributed by atoms with E-state index in [1.54, 1.807) is 13.1 Å². The van der Waals surface area contributed by atoms with Crippen molar-refractivity contribution in [1.82, 2.24) is 15.0 Å². The van der Waals surface area contributed by atoms with Crippen molar-refractivity contribution in [3.8, 4) is 5.75 Å². The fourth-order valence-electron chi connectivity index (χ4n) is 3.89. The predicted molar refractivity (Wildman–Crippen MR) is 115 cm³/mol. The average Bonchev–Trinajstić information content (AvgIpc) is 3.52. The molecule has 0 saturated heterocycles. The molecule has 0 radical (unpaired) electrons. The van der Waals surface area contributed by atoms with Crippen molar-refractivity contribution < 1.29 is 13.9 Å². The normalized spacial score (nSPS) is 19.7. The van der Waals surface area contributed by atoms with Crippen molar-refractivity contribution in [2.24, 2.45) is 5.92 Å². The molecule has 1 amide bonds. The summed E-state index contributed by atoms with van der Waals surface area (Å²) in [5.41, 5.74) is 1.88. The highest BCUT2D eigenvalue weighted by Crippen LogP contribution is 2.55. The van der Waals surface area contributed by atoms with E-state index in [9.17, 15) is 9.18 Å². The topological polar surface area (TPSA) is 77.0 Å². The number of hydrogen-bond donors (Lipinski definition) is 1. The van der Waals surface area contributed by atoms with Gasteiger partial charge in [0.15, 0.2) is 5.75 Å². The Morgan fingerprint density at radius 1 is 1.23 bits per heavy atom. The van der Waals surface area contributed by atoms with E-state index in [-0.39, 0.29) is 11.8 Å². The highest BCUT2D eigenvalue weighted by Gasteiger charge is 2.60. The van der Waals surface area contributed by atoms with Crippen LogP contribution < -0.4 is 10.1 Å². The third-order valence-corrected chi connectivity index (χ3v) is 5.81. The van der Waals surface area contributed by atoms with Crippen LogP contribution in [0.1, 0.15) is 36.0 Å². The maximum Gasteiger partial charge on any atom is 0.229 e. The zero-order valence-corrected chi connectivity index (χ0v) is 17.9.